The number of hydrogen-bond donors (Lipinski definition) is 0. The van der Waals surface area contributed by atoms with E-state index in [9.17, 15) is 0 Å². The Morgan fingerprint density at radius 1 is 0.317 bits per heavy atom. The summed E-state index contributed by atoms with van der Waals surface area (Å²) >= 11 is 1.87. The number of anilines is 3. The lowest BCUT2D eigenvalue weighted by Crippen LogP contribution is -2.13. The van der Waals surface area contributed by atoms with E-state index in [2.05, 4.69) is 235 Å². The van der Waals surface area contributed by atoms with Gasteiger partial charge in [-0.05, 0) is 75.3 Å². The molecule has 0 atom stereocenters. The second-order valence-electron chi connectivity index (χ2n) is 15.9. The van der Waals surface area contributed by atoms with Crippen molar-refractivity contribution in [3.05, 3.63) is 237 Å². The normalized spacial score (nSPS) is 11.5. The molecule has 12 rings (SSSR count). The summed E-state index contributed by atoms with van der Waals surface area (Å²) in [5.41, 5.74) is 16.5. The maximum absolute atomic E-state index is 6.72. The third kappa shape index (κ3) is 6.33. The van der Waals surface area contributed by atoms with Gasteiger partial charge in [-0.15, -0.1) is 11.3 Å². The maximum atomic E-state index is 6.72. The van der Waals surface area contributed by atoms with Crippen LogP contribution < -0.4 is 4.90 Å². The highest BCUT2D eigenvalue weighted by Gasteiger charge is 2.26. The first-order valence-electron chi connectivity index (χ1n) is 21.4. The van der Waals surface area contributed by atoms with Crippen LogP contribution in [-0.2, 0) is 0 Å². The van der Waals surface area contributed by atoms with E-state index >= 15 is 0 Å². The van der Waals surface area contributed by atoms with Gasteiger partial charge < -0.3 is 9.32 Å². The lowest BCUT2D eigenvalue weighted by atomic mass is 9.87. The van der Waals surface area contributed by atoms with Crippen LogP contribution in [0.15, 0.2) is 241 Å². The summed E-state index contributed by atoms with van der Waals surface area (Å²) in [6, 6.07) is 85.4. The predicted octanol–water partition coefficient (Wildman–Crippen LogP) is 17.8. The molecule has 3 heteroatoms. The quantitative estimate of drug-likeness (QED) is 0.152. The van der Waals surface area contributed by atoms with Gasteiger partial charge in [0.2, 0.25) is 0 Å². The molecule has 0 unspecified atom stereocenters. The van der Waals surface area contributed by atoms with Crippen LogP contribution in [0.3, 0.4) is 0 Å². The zero-order chi connectivity index (χ0) is 41.7. The number of nitrogens with zero attached hydrogens (tertiary/aromatic N) is 1. The van der Waals surface area contributed by atoms with Crippen molar-refractivity contribution in [1.29, 1.82) is 0 Å². The maximum Gasteiger partial charge on any atom is 0.143 e. The van der Waals surface area contributed by atoms with Crippen LogP contribution in [0.1, 0.15) is 0 Å². The molecule has 0 spiro atoms. The standard InChI is InChI=1S/C60H39NOS/c1-3-18-40(19-4-1)44-22-7-8-26-50(44)58-45(41-20-5-2-6-21-41)27-17-33-55(58)61(43-38-36-42(37-39-43)46-28-15-31-53-49-25-11-14-35-57(49)63-60(46)53)54-32-12-9-23-47(54)51-29-16-30-52-48-24-10-13-34-56(48)62-59(51)52/h1-39H. The van der Waals surface area contributed by atoms with Gasteiger partial charge in [-0.25, -0.2) is 0 Å². The largest absolute Gasteiger partial charge is 0.455 e. The van der Waals surface area contributed by atoms with E-state index in [0.29, 0.717) is 0 Å². The molecule has 63 heavy (non-hydrogen) atoms. The summed E-state index contributed by atoms with van der Waals surface area (Å²) in [7, 11) is 0. The average Bonchev–Trinajstić information content (AvgIpc) is 3.94. The minimum atomic E-state index is 0.880. The molecule has 0 aliphatic heterocycles. The van der Waals surface area contributed by atoms with Gasteiger partial charge in [-0.1, -0.05) is 200 Å². The molecular formula is C60H39NOS. The molecule has 0 fully saturated rings. The van der Waals surface area contributed by atoms with E-state index < -0.39 is 0 Å². The lowest BCUT2D eigenvalue weighted by Gasteiger charge is -2.31. The van der Waals surface area contributed by atoms with Crippen molar-refractivity contribution < 1.29 is 4.42 Å². The van der Waals surface area contributed by atoms with Crippen molar-refractivity contribution in [2.24, 2.45) is 0 Å². The zero-order valence-corrected chi connectivity index (χ0v) is 35.1. The molecular weight excluding hydrogens is 783 g/mol. The third-order valence-electron chi connectivity index (χ3n) is 12.3. The molecule has 296 valence electrons. The highest BCUT2D eigenvalue weighted by Crippen LogP contribution is 2.51. The van der Waals surface area contributed by atoms with Crippen molar-refractivity contribution in [2.75, 3.05) is 4.90 Å². The Labute approximate surface area is 370 Å². The Morgan fingerprint density at radius 2 is 0.841 bits per heavy atom. The fraction of sp³-hybridized carbons (Fsp3) is 0. The minimum Gasteiger partial charge on any atom is -0.455 e. The topological polar surface area (TPSA) is 16.4 Å². The van der Waals surface area contributed by atoms with Crippen molar-refractivity contribution in [2.45, 2.75) is 0 Å². The first-order chi connectivity index (χ1) is 31.3. The first-order valence-corrected chi connectivity index (χ1v) is 22.2. The summed E-state index contributed by atoms with van der Waals surface area (Å²) in [5, 5.41) is 4.82. The Morgan fingerprint density at radius 3 is 1.63 bits per heavy atom. The summed E-state index contributed by atoms with van der Waals surface area (Å²) in [6.07, 6.45) is 0. The number of hydrogen-bond acceptors (Lipinski definition) is 3. The number of benzene rings is 10. The molecule has 12 aromatic rings. The highest BCUT2D eigenvalue weighted by molar-refractivity contribution is 7.26. The molecule has 0 radical (unpaired) electrons. The second-order valence-corrected chi connectivity index (χ2v) is 17.0. The molecule has 0 saturated heterocycles. The molecule has 0 amide bonds. The zero-order valence-electron chi connectivity index (χ0n) is 34.3. The summed E-state index contributed by atoms with van der Waals surface area (Å²) in [4.78, 5) is 2.46. The van der Waals surface area contributed by atoms with E-state index in [4.69, 9.17) is 4.42 Å². The fourth-order valence-corrected chi connectivity index (χ4v) is 10.7. The van der Waals surface area contributed by atoms with Crippen LogP contribution in [0.2, 0.25) is 0 Å². The third-order valence-corrected chi connectivity index (χ3v) is 13.5. The number of thiophene rings is 1. The Hall–Kier alpha value is -7.98. The number of rotatable bonds is 8. The van der Waals surface area contributed by atoms with Gasteiger partial charge in [0, 0.05) is 53.3 Å². The van der Waals surface area contributed by atoms with Crippen LogP contribution in [-0.4, -0.2) is 0 Å². The lowest BCUT2D eigenvalue weighted by molar-refractivity contribution is 0.670. The van der Waals surface area contributed by atoms with Gasteiger partial charge in [0.15, 0.2) is 0 Å². The van der Waals surface area contributed by atoms with E-state index in [1.807, 2.05) is 17.4 Å². The fourth-order valence-electron chi connectivity index (χ4n) is 9.47. The monoisotopic (exact) mass is 821 g/mol. The number of furan rings is 1. The van der Waals surface area contributed by atoms with Crippen LogP contribution in [0.25, 0.3) is 97.7 Å². The first kappa shape index (κ1) is 36.8. The number of fused-ring (bicyclic) bond motifs is 6. The smallest absolute Gasteiger partial charge is 0.143 e. The molecule has 0 saturated carbocycles. The summed E-state index contributed by atoms with van der Waals surface area (Å²) in [6.45, 7) is 0. The molecule has 10 aromatic carbocycles. The van der Waals surface area contributed by atoms with Crippen LogP contribution >= 0.6 is 11.3 Å². The van der Waals surface area contributed by atoms with Crippen LogP contribution in [0.4, 0.5) is 17.1 Å². The molecule has 2 nitrogen and oxygen atoms in total. The van der Waals surface area contributed by atoms with Gasteiger partial charge in [-0.3, -0.25) is 0 Å². The van der Waals surface area contributed by atoms with Crippen LogP contribution in [0, 0.1) is 0 Å². The SMILES string of the molecule is c1ccc(-c2ccccc2-c2c(-c3ccccc3)cccc2N(c2ccc(-c3cccc4c3sc3ccccc34)cc2)c2ccccc2-c2cccc3c2oc2ccccc23)cc1. The summed E-state index contributed by atoms with van der Waals surface area (Å²) in [5.74, 6) is 0. The van der Waals surface area contributed by atoms with Gasteiger partial charge in [0.1, 0.15) is 11.2 Å². The van der Waals surface area contributed by atoms with Crippen LogP contribution in [0.5, 0.6) is 0 Å². The average molecular weight is 822 g/mol. The van der Waals surface area contributed by atoms with E-state index in [1.54, 1.807) is 0 Å². The molecule has 0 aliphatic carbocycles. The molecule has 0 aliphatic rings. The van der Waals surface area contributed by atoms with Gasteiger partial charge in [0.25, 0.3) is 0 Å². The van der Waals surface area contributed by atoms with E-state index in [1.165, 1.54) is 42.4 Å². The molecule has 2 heterocycles. The highest BCUT2D eigenvalue weighted by atomic mass is 32.1. The molecule has 2 aromatic heterocycles. The van der Waals surface area contributed by atoms with Gasteiger partial charge in [0.05, 0.1) is 11.4 Å². The van der Waals surface area contributed by atoms with E-state index in [-0.39, 0.29) is 0 Å². The number of para-hydroxylation sites is 3. The molecule has 0 bridgehead atoms. The van der Waals surface area contributed by atoms with Crippen molar-refractivity contribution in [3.8, 4) is 55.6 Å². The van der Waals surface area contributed by atoms with Crippen molar-refractivity contribution in [1.82, 2.24) is 0 Å². The minimum absolute atomic E-state index is 0.880. The Balaban J connectivity index is 1.13. The van der Waals surface area contributed by atoms with Gasteiger partial charge in [-0.2, -0.15) is 0 Å². The Kier molecular flexibility index (Phi) is 9.06. The van der Waals surface area contributed by atoms with Gasteiger partial charge >= 0.3 is 0 Å². The second kappa shape index (κ2) is 15.5. The Bertz CT molecular complexity index is 3620. The van der Waals surface area contributed by atoms with Crippen molar-refractivity contribution >= 4 is 70.5 Å². The van der Waals surface area contributed by atoms with Crippen molar-refractivity contribution in [3.63, 3.8) is 0 Å². The molecule has 0 N–H and O–H groups in total. The van der Waals surface area contributed by atoms with E-state index in [0.717, 1.165) is 72.4 Å². The predicted molar refractivity (Wildman–Crippen MR) is 268 cm³/mol. The summed E-state index contributed by atoms with van der Waals surface area (Å²) < 4.78 is 9.34.